The van der Waals surface area contributed by atoms with Gasteiger partial charge in [-0.2, -0.15) is 18.4 Å². The number of fused-ring (bicyclic) bond motifs is 4. The molecule has 0 unspecified atom stereocenters. The van der Waals surface area contributed by atoms with E-state index in [0.29, 0.717) is 30.2 Å². The summed E-state index contributed by atoms with van der Waals surface area (Å²) in [6.07, 6.45) is -1.49. The fraction of sp³-hybridized carbons (Fsp3) is 0.214. The SMILES string of the molecule is C[C@@H]1C(=O)Nc2cccc3ccc(cc23)Oc2cc(ccc2C#N)Cn2cncc2CN1C.O=C(O)C(F)(F)F. The van der Waals surface area contributed by atoms with Crippen molar-refractivity contribution in [2.75, 3.05) is 12.4 Å². The number of halogens is 3. The molecule has 2 heterocycles. The van der Waals surface area contributed by atoms with Gasteiger partial charge in [-0.25, -0.2) is 9.78 Å². The molecule has 40 heavy (non-hydrogen) atoms. The number of hydrogen-bond donors (Lipinski definition) is 2. The van der Waals surface area contributed by atoms with Crippen LogP contribution in [0.25, 0.3) is 10.8 Å². The Morgan fingerprint density at radius 3 is 2.62 bits per heavy atom. The van der Waals surface area contributed by atoms with Crippen molar-refractivity contribution in [2.24, 2.45) is 0 Å². The van der Waals surface area contributed by atoms with Gasteiger partial charge in [0.2, 0.25) is 5.91 Å². The van der Waals surface area contributed by atoms with Crippen molar-refractivity contribution in [3.05, 3.63) is 83.9 Å². The number of aliphatic carboxylic acids is 1. The van der Waals surface area contributed by atoms with Gasteiger partial charge in [-0.05, 0) is 55.3 Å². The highest BCUT2D eigenvalue weighted by Gasteiger charge is 2.38. The number of aromatic nitrogens is 2. The molecule has 1 amide bonds. The number of carbonyl (C=O) groups is 2. The lowest BCUT2D eigenvalue weighted by molar-refractivity contribution is -0.192. The highest BCUT2D eigenvalue weighted by molar-refractivity contribution is 6.04. The minimum Gasteiger partial charge on any atom is -0.475 e. The van der Waals surface area contributed by atoms with Crippen LogP contribution in [0.15, 0.2) is 67.1 Å². The van der Waals surface area contributed by atoms with Gasteiger partial charge >= 0.3 is 12.1 Å². The molecular weight excluding hydrogens is 527 g/mol. The van der Waals surface area contributed by atoms with Crippen molar-refractivity contribution in [1.82, 2.24) is 14.5 Å². The number of amides is 1. The lowest BCUT2D eigenvalue weighted by Gasteiger charge is -2.25. The van der Waals surface area contributed by atoms with Crippen molar-refractivity contribution in [3.63, 3.8) is 0 Å². The second kappa shape index (κ2) is 11.5. The number of anilines is 1. The van der Waals surface area contributed by atoms with E-state index >= 15 is 0 Å². The maximum atomic E-state index is 13.1. The first-order valence-corrected chi connectivity index (χ1v) is 12.0. The van der Waals surface area contributed by atoms with Gasteiger partial charge in [-0.15, -0.1) is 0 Å². The Balaban J connectivity index is 0.000000470. The molecule has 1 aromatic heterocycles. The highest BCUT2D eigenvalue weighted by atomic mass is 19.4. The minimum atomic E-state index is -5.08. The monoisotopic (exact) mass is 551 g/mol. The Morgan fingerprint density at radius 2 is 1.93 bits per heavy atom. The van der Waals surface area contributed by atoms with E-state index in [-0.39, 0.29) is 11.9 Å². The molecule has 5 rings (SSSR count). The summed E-state index contributed by atoms with van der Waals surface area (Å²) >= 11 is 0. The normalized spacial score (nSPS) is 15.7. The molecule has 206 valence electrons. The molecule has 1 atom stereocenters. The van der Waals surface area contributed by atoms with Crippen molar-refractivity contribution >= 4 is 28.3 Å². The van der Waals surface area contributed by atoms with Crippen LogP contribution in [0.2, 0.25) is 0 Å². The number of nitriles is 1. The summed E-state index contributed by atoms with van der Waals surface area (Å²) in [5.41, 5.74) is 3.16. The number of carboxylic acids is 1. The first-order valence-electron chi connectivity index (χ1n) is 12.0. The zero-order valence-electron chi connectivity index (χ0n) is 21.4. The van der Waals surface area contributed by atoms with Gasteiger partial charge in [0.15, 0.2) is 0 Å². The van der Waals surface area contributed by atoms with E-state index in [2.05, 4.69) is 16.4 Å². The fourth-order valence-corrected chi connectivity index (χ4v) is 4.04. The zero-order chi connectivity index (χ0) is 29.0. The third-order valence-corrected chi connectivity index (χ3v) is 6.35. The number of nitrogens with zero attached hydrogens (tertiary/aromatic N) is 4. The maximum absolute atomic E-state index is 13.1. The number of alkyl halides is 3. The molecule has 1 aliphatic heterocycles. The third-order valence-electron chi connectivity index (χ3n) is 6.35. The number of ether oxygens (including phenoxy) is 1. The molecule has 1 aliphatic rings. The van der Waals surface area contributed by atoms with Gasteiger partial charge in [-0.3, -0.25) is 9.69 Å². The fourth-order valence-electron chi connectivity index (χ4n) is 4.04. The highest BCUT2D eigenvalue weighted by Crippen LogP contribution is 2.32. The first-order chi connectivity index (χ1) is 19.0. The van der Waals surface area contributed by atoms with E-state index in [0.717, 1.165) is 27.7 Å². The van der Waals surface area contributed by atoms with E-state index in [1.807, 2.05) is 78.2 Å². The van der Waals surface area contributed by atoms with E-state index in [1.54, 1.807) is 12.4 Å². The standard InChI is InChI=1S/C26H23N5O2.C2HF3O2/c1-17-26(32)29-24-5-3-4-19-8-9-22(11-23(19)24)33-25-10-18(6-7-20(25)12-27)14-31-16-28-13-21(31)15-30(17)2;3-2(4,5)1(6)7/h3-11,13,16-17H,14-15H2,1-2H3,(H,29,32);(H,6,7)/t17-;/m1./s1. The smallest absolute Gasteiger partial charge is 0.475 e. The predicted molar refractivity (Wildman–Crippen MR) is 140 cm³/mol. The second-order valence-electron chi connectivity index (χ2n) is 9.13. The number of nitrogens with one attached hydrogen (secondary N) is 1. The van der Waals surface area contributed by atoms with E-state index in [1.165, 1.54) is 0 Å². The predicted octanol–water partition coefficient (Wildman–Crippen LogP) is 5.15. The molecule has 4 aromatic rings. The first kappa shape index (κ1) is 28.1. The Labute approximate surface area is 227 Å². The number of imidazole rings is 1. The second-order valence-corrected chi connectivity index (χ2v) is 9.13. The molecule has 0 aliphatic carbocycles. The van der Waals surface area contributed by atoms with Crippen molar-refractivity contribution in [3.8, 4) is 17.6 Å². The summed E-state index contributed by atoms with van der Waals surface area (Å²) in [6, 6.07) is 19.0. The summed E-state index contributed by atoms with van der Waals surface area (Å²) < 4.78 is 39.9. The topological polar surface area (TPSA) is 120 Å². The van der Waals surface area contributed by atoms with Crippen LogP contribution in [0, 0.1) is 11.3 Å². The third kappa shape index (κ3) is 6.39. The molecule has 0 saturated carbocycles. The van der Waals surface area contributed by atoms with Crippen molar-refractivity contribution < 1.29 is 32.6 Å². The molecule has 0 spiro atoms. The van der Waals surface area contributed by atoms with E-state index in [4.69, 9.17) is 14.6 Å². The van der Waals surface area contributed by atoms with Gasteiger partial charge in [0.05, 0.1) is 23.6 Å². The Bertz CT molecular complexity index is 1610. The molecular formula is C28H24F3N5O4. The molecule has 0 saturated heterocycles. The van der Waals surface area contributed by atoms with Crippen LogP contribution in [0.1, 0.15) is 23.7 Å². The number of rotatable bonds is 0. The van der Waals surface area contributed by atoms with Crippen LogP contribution in [0.3, 0.4) is 0 Å². The van der Waals surface area contributed by atoms with Gasteiger partial charge < -0.3 is 19.7 Å². The van der Waals surface area contributed by atoms with Gasteiger partial charge in [-0.1, -0.05) is 24.3 Å². The van der Waals surface area contributed by atoms with Gasteiger partial charge in [0.25, 0.3) is 0 Å². The summed E-state index contributed by atoms with van der Waals surface area (Å²) in [4.78, 5) is 28.3. The Hall–Kier alpha value is -4.89. The van der Waals surface area contributed by atoms with Crippen LogP contribution in [-0.2, 0) is 22.7 Å². The molecule has 3 aromatic carbocycles. The van der Waals surface area contributed by atoms with Crippen molar-refractivity contribution in [1.29, 1.82) is 5.26 Å². The zero-order valence-corrected chi connectivity index (χ0v) is 21.4. The Morgan fingerprint density at radius 1 is 1.18 bits per heavy atom. The number of hydrogen-bond acceptors (Lipinski definition) is 6. The van der Waals surface area contributed by atoms with E-state index < -0.39 is 12.1 Å². The van der Waals surface area contributed by atoms with Crippen LogP contribution in [-0.4, -0.2) is 50.7 Å². The number of carbonyl (C=O) groups excluding carboxylic acids is 1. The molecule has 9 nitrogen and oxygen atoms in total. The summed E-state index contributed by atoms with van der Waals surface area (Å²) in [5.74, 6) is -1.76. The lowest BCUT2D eigenvalue weighted by atomic mass is 10.1. The number of benzene rings is 3. The van der Waals surface area contributed by atoms with Crippen LogP contribution >= 0.6 is 0 Å². The van der Waals surface area contributed by atoms with Crippen LogP contribution in [0.5, 0.6) is 11.5 Å². The van der Waals surface area contributed by atoms with E-state index in [9.17, 15) is 23.2 Å². The molecule has 4 bridgehead atoms. The maximum Gasteiger partial charge on any atom is 0.490 e. The quantitative estimate of drug-likeness (QED) is 0.310. The van der Waals surface area contributed by atoms with Gasteiger partial charge in [0.1, 0.15) is 17.6 Å². The van der Waals surface area contributed by atoms with Crippen LogP contribution in [0.4, 0.5) is 18.9 Å². The average molecular weight is 552 g/mol. The molecule has 2 N–H and O–H groups in total. The van der Waals surface area contributed by atoms with Crippen LogP contribution < -0.4 is 10.1 Å². The molecule has 12 heteroatoms. The number of carboxylic acid groups (broad SMARTS) is 1. The number of likely N-dealkylation sites (N-methyl/N-ethyl adjacent to an activating group) is 1. The Kier molecular flexibility index (Phi) is 8.06. The summed E-state index contributed by atoms with van der Waals surface area (Å²) in [5, 5.41) is 21.7. The summed E-state index contributed by atoms with van der Waals surface area (Å²) in [7, 11) is 1.93. The molecule has 0 radical (unpaired) electrons. The van der Waals surface area contributed by atoms with Crippen molar-refractivity contribution in [2.45, 2.75) is 32.2 Å². The van der Waals surface area contributed by atoms with Gasteiger partial charge in [0, 0.05) is 30.4 Å². The largest absolute Gasteiger partial charge is 0.490 e. The minimum absolute atomic E-state index is 0.0912. The average Bonchev–Trinajstić information content (AvgIpc) is 3.34. The molecule has 0 fully saturated rings. The summed E-state index contributed by atoms with van der Waals surface area (Å²) in [6.45, 7) is 3.04. The lowest BCUT2D eigenvalue weighted by Crippen LogP contribution is -2.39.